The van der Waals surface area contributed by atoms with E-state index in [0.29, 0.717) is 32.8 Å². The summed E-state index contributed by atoms with van der Waals surface area (Å²) in [5.74, 6) is 0.247. The molecule has 0 bridgehead atoms. The largest absolute Gasteiger partial charge is 0.489 e. The van der Waals surface area contributed by atoms with Crippen molar-refractivity contribution in [1.82, 2.24) is 9.13 Å². The standard InChI is InChI=1S/C40H32N4O4S2/c1-4-47-39(46)35-36(29-9-6-5-7-10-29)42-40-44(37(35)33-11-8-20-49-33)38(45)34(50-40)22-30-21-25(2)43(26(30)3)31-16-18-32(19-17-31)48-24-28-14-12-27(23-41)13-15-28/h5-22,37H,4,24H2,1-3H3/t37-/m0/s1. The highest BCUT2D eigenvalue weighted by Gasteiger charge is 2.35. The van der Waals surface area contributed by atoms with E-state index >= 15 is 0 Å². The van der Waals surface area contributed by atoms with Crippen LogP contribution in [0.25, 0.3) is 17.5 Å². The average molecular weight is 697 g/mol. The van der Waals surface area contributed by atoms with Crippen LogP contribution in [0.5, 0.6) is 5.75 Å². The van der Waals surface area contributed by atoms with Crippen molar-refractivity contribution in [3.05, 3.63) is 166 Å². The molecule has 1 atom stereocenters. The molecule has 50 heavy (non-hydrogen) atoms. The Morgan fingerprint density at radius 3 is 2.44 bits per heavy atom. The van der Waals surface area contributed by atoms with Gasteiger partial charge in [-0.05, 0) is 91.9 Å². The smallest absolute Gasteiger partial charge is 0.338 e. The molecule has 248 valence electrons. The molecule has 3 aromatic carbocycles. The van der Waals surface area contributed by atoms with E-state index in [1.807, 2.05) is 104 Å². The molecule has 0 amide bonds. The molecule has 0 radical (unpaired) electrons. The Bertz CT molecular complexity index is 2450. The van der Waals surface area contributed by atoms with Crippen molar-refractivity contribution in [3.63, 3.8) is 0 Å². The van der Waals surface area contributed by atoms with Gasteiger partial charge in [-0.1, -0.05) is 59.9 Å². The van der Waals surface area contributed by atoms with Gasteiger partial charge in [0.2, 0.25) is 0 Å². The highest BCUT2D eigenvalue weighted by atomic mass is 32.1. The Hall–Kier alpha value is -5.76. The fourth-order valence-electron chi connectivity index (χ4n) is 6.16. The fourth-order valence-corrected chi connectivity index (χ4v) is 7.98. The Kier molecular flexibility index (Phi) is 9.17. The number of ether oxygens (including phenoxy) is 2. The summed E-state index contributed by atoms with van der Waals surface area (Å²) in [6.45, 7) is 6.45. The zero-order valence-corrected chi connectivity index (χ0v) is 29.3. The third-order valence-electron chi connectivity index (χ3n) is 8.53. The van der Waals surface area contributed by atoms with Crippen LogP contribution in [0.4, 0.5) is 0 Å². The van der Waals surface area contributed by atoms with E-state index in [1.165, 1.54) is 22.7 Å². The van der Waals surface area contributed by atoms with Crippen molar-refractivity contribution in [3.8, 4) is 17.5 Å². The average Bonchev–Trinajstić information content (AvgIpc) is 3.86. The van der Waals surface area contributed by atoms with Crippen molar-refractivity contribution in [2.45, 2.75) is 33.4 Å². The Morgan fingerprint density at radius 1 is 1.00 bits per heavy atom. The van der Waals surface area contributed by atoms with Crippen molar-refractivity contribution in [2.24, 2.45) is 4.99 Å². The molecule has 0 fully saturated rings. The summed E-state index contributed by atoms with van der Waals surface area (Å²) in [6.07, 6.45) is 1.92. The van der Waals surface area contributed by atoms with E-state index in [-0.39, 0.29) is 12.2 Å². The summed E-state index contributed by atoms with van der Waals surface area (Å²) in [5, 5.41) is 11.0. The molecule has 7 rings (SSSR count). The van der Waals surface area contributed by atoms with Gasteiger partial charge < -0.3 is 14.0 Å². The number of rotatable bonds is 9. The molecule has 0 saturated carbocycles. The predicted octanol–water partition coefficient (Wildman–Crippen LogP) is 6.86. The van der Waals surface area contributed by atoms with Crippen LogP contribution in [0, 0.1) is 25.2 Å². The van der Waals surface area contributed by atoms with Gasteiger partial charge in [0.1, 0.15) is 18.4 Å². The second-order valence-electron chi connectivity index (χ2n) is 11.7. The van der Waals surface area contributed by atoms with E-state index in [2.05, 4.69) is 16.7 Å². The molecule has 0 spiro atoms. The summed E-state index contributed by atoms with van der Waals surface area (Å²) < 4.78 is 15.8. The van der Waals surface area contributed by atoms with Crippen LogP contribution in [-0.4, -0.2) is 21.7 Å². The van der Waals surface area contributed by atoms with Gasteiger partial charge in [0.15, 0.2) is 4.80 Å². The second-order valence-corrected chi connectivity index (χ2v) is 13.7. The molecular weight excluding hydrogens is 665 g/mol. The van der Waals surface area contributed by atoms with E-state index in [9.17, 15) is 9.59 Å². The molecule has 1 aliphatic heterocycles. The first-order chi connectivity index (χ1) is 24.4. The quantitative estimate of drug-likeness (QED) is 0.154. The minimum absolute atomic E-state index is 0.204. The highest BCUT2D eigenvalue weighted by Crippen LogP contribution is 2.37. The van der Waals surface area contributed by atoms with Crippen LogP contribution in [0.2, 0.25) is 0 Å². The first kappa shape index (κ1) is 32.8. The number of thiazole rings is 1. The lowest BCUT2D eigenvalue weighted by atomic mass is 9.97. The summed E-state index contributed by atoms with van der Waals surface area (Å²) in [5.41, 5.74) is 6.90. The van der Waals surface area contributed by atoms with Crippen molar-refractivity contribution in [1.29, 1.82) is 5.26 Å². The van der Waals surface area contributed by atoms with E-state index < -0.39 is 12.0 Å². The number of aryl methyl sites for hydroxylation is 1. The lowest BCUT2D eigenvalue weighted by Gasteiger charge is -2.24. The van der Waals surface area contributed by atoms with Crippen LogP contribution in [-0.2, 0) is 16.1 Å². The molecule has 6 aromatic rings. The molecule has 0 aliphatic carbocycles. The monoisotopic (exact) mass is 696 g/mol. The number of nitriles is 1. The Balaban J connectivity index is 1.25. The van der Waals surface area contributed by atoms with Gasteiger partial charge >= 0.3 is 5.97 Å². The normalized spacial score (nSPS) is 14.2. The zero-order chi connectivity index (χ0) is 34.8. The Morgan fingerprint density at radius 2 is 1.76 bits per heavy atom. The molecule has 1 aliphatic rings. The molecule has 0 saturated heterocycles. The molecule has 0 N–H and O–H groups in total. The summed E-state index contributed by atoms with van der Waals surface area (Å²) in [4.78, 5) is 34.2. The minimum atomic E-state index is -0.673. The predicted molar refractivity (Wildman–Crippen MR) is 196 cm³/mol. The van der Waals surface area contributed by atoms with E-state index in [4.69, 9.17) is 19.7 Å². The lowest BCUT2D eigenvalue weighted by molar-refractivity contribution is -0.138. The lowest BCUT2D eigenvalue weighted by Crippen LogP contribution is -2.39. The van der Waals surface area contributed by atoms with E-state index in [0.717, 1.165) is 44.4 Å². The number of carbonyl (C=O) groups excluding carboxylic acids is 1. The van der Waals surface area contributed by atoms with Crippen molar-refractivity contribution >= 4 is 40.4 Å². The number of aromatic nitrogens is 2. The summed E-state index contributed by atoms with van der Waals surface area (Å²) in [7, 11) is 0. The number of hydrogen-bond donors (Lipinski definition) is 0. The first-order valence-corrected chi connectivity index (χ1v) is 17.8. The van der Waals surface area contributed by atoms with Crippen LogP contribution in [0.15, 0.2) is 118 Å². The number of benzene rings is 3. The summed E-state index contributed by atoms with van der Waals surface area (Å²) >= 11 is 2.80. The van der Waals surface area contributed by atoms with Crippen LogP contribution < -0.4 is 19.6 Å². The van der Waals surface area contributed by atoms with Crippen LogP contribution in [0.3, 0.4) is 0 Å². The van der Waals surface area contributed by atoms with Gasteiger partial charge in [-0.2, -0.15) is 5.26 Å². The number of nitrogens with zero attached hydrogens (tertiary/aromatic N) is 4. The number of thiophene rings is 1. The van der Waals surface area contributed by atoms with Gasteiger partial charge in [-0.25, -0.2) is 9.79 Å². The van der Waals surface area contributed by atoms with Gasteiger partial charge in [0.25, 0.3) is 5.56 Å². The highest BCUT2D eigenvalue weighted by molar-refractivity contribution is 7.10. The zero-order valence-electron chi connectivity index (χ0n) is 27.6. The maximum atomic E-state index is 14.3. The number of hydrogen-bond acceptors (Lipinski definition) is 8. The SMILES string of the molecule is CCOC(=O)C1=C(c2ccccc2)N=c2sc(=Cc3cc(C)n(-c4ccc(OCc5ccc(C#N)cc5)cc4)c3C)c(=O)n2[C@H]1c1cccs1. The van der Waals surface area contributed by atoms with Crippen molar-refractivity contribution < 1.29 is 14.3 Å². The number of esters is 1. The van der Waals surface area contributed by atoms with Crippen LogP contribution in [0.1, 0.15) is 51.5 Å². The third-order valence-corrected chi connectivity index (χ3v) is 10.4. The number of carbonyl (C=O) groups is 1. The second kappa shape index (κ2) is 14.0. The van der Waals surface area contributed by atoms with E-state index in [1.54, 1.807) is 23.6 Å². The molecule has 0 unspecified atom stereocenters. The maximum Gasteiger partial charge on any atom is 0.338 e. The minimum Gasteiger partial charge on any atom is -0.489 e. The molecule has 3 aromatic heterocycles. The molecule has 8 nitrogen and oxygen atoms in total. The molecule has 10 heteroatoms. The summed E-state index contributed by atoms with van der Waals surface area (Å²) in [6, 6.07) is 32.2. The maximum absolute atomic E-state index is 14.3. The van der Waals surface area contributed by atoms with Gasteiger partial charge in [-0.3, -0.25) is 9.36 Å². The third kappa shape index (κ3) is 6.25. The molecule has 4 heterocycles. The van der Waals surface area contributed by atoms with Gasteiger partial charge in [-0.15, -0.1) is 11.3 Å². The first-order valence-electron chi connectivity index (χ1n) is 16.1. The Labute approximate surface area is 296 Å². The van der Waals surface area contributed by atoms with Gasteiger partial charge in [0, 0.05) is 27.5 Å². The molecular formula is C40H32N4O4S2. The van der Waals surface area contributed by atoms with Gasteiger partial charge in [0.05, 0.1) is 34.0 Å². The van der Waals surface area contributed by atoms with Crippen LogP contribution >= 0.6 is 22.7 Å². The van der Waals surface area contributed by atoms with Crippen molar-refractivity contribution in [2.75, 3.05) is 6.61 Å². The number of fused-ring (bicyclic) bond motifs is 1. The fraction of sp³-hybridized carbons (Fsp3) is 0.150. The topological polar surface area (TPSA) is 98.6 Å².